The molecule has 0 heterocycles. The van der Waals surface area contributed by atoms with Gasteiger partial charge >= 0.3 is 6.09 Å². The van der Waals surface area contributed by atoms with Crippen LogP contribution in [0.25, 0.3) is 0 Å². The molecule has 0 aromatic rings. The molecular formula is C12H21NO3. The standard InChI is InChI=1S/C12H21NO3/c1-12(2,3)16-11(15)13(4)10(8-14)7-9-5-6-9/h8-10H,5-7H2,1-4H3. The van der Waals surface area contributed by atoms with Crippen LogP contribution < -0.4 is 0 Å². The predicted octanol–water partition coefficient (Wildman–Crippen LogP) is 2.22. The van der Waals surface area contributed by atoms with Crippen LogP contribution in [0.3, 0.4) is 0 Å². The Morgan fingerprint density at radius 1 is 1.50 bits per heavy atom. The number of carbonyl (C=O) groups excluding carboxylic acids is 2. The van der Waals surface area contributed by atoms with Crippen LogP contribution in [0.5, 0.6) is 0 Å². The molecule has 0 bridgehead atoms. The Morgan fingerprint density at radius 2 is 2.06 bits per heavy atom. The van der Waals surface area contributed by atoms with Gasteiger partial charge in [0.05, 0.1) is 6.04 Å². The van der Waals surface area contributed by atoms with Gasteiger partial charge < -0.3 is 14.4 Å². The number of hydrogen-bond acceptors (Lipinski definition) is 3. The van der Waals surface area contributed by atoms with E-state index in [1.807, 2.05) is 20.8 Å². The largest absolute Gasteiger partial charge is 0.444 e. The van der Waals surface area contributed by atoms with Crippen molar-refractivity contribution >= 4 is 12.4 Å². The van der Waals surface area contributed by atoms with E-state index >= 15 is 0 Å². The van der Waals surface area contributed by atoms with Gasteiger partial charge in [-0.1, -0.05) is 12.8 Å². The molecule has 4 nitrogen and oxygen atoms in total. The predicted molar refractivity (Wildman–Crippen MR) is 61.2 cm³/mol. The molecule has 1 unspecified atom stereocenters. The average molecular weight is 227 g/mol. The van der Waals surface area contributed by atoms with Gasteiger partial charge in [-0.15, -0.1) is 0 Å². The molecule has 0 radical (unpaired) electrons. The average Bonchev–Trinajstić information content (AvgIpc) is 2.93. The monoisotopic (exact) mass is 227 g/mol. The summed E-state index contributed by atoms with van der Waals surface area (Å²) in [6.07, 6.45) is 3.52. The van der Waals surface area contributed by atoms with Crippen molar-refractivity contribution in [1.29, 1.82) is 0 Å². The second-order valence-corrected chi connectivity index (χ2v) is 5.47. The smallest absolute Gasteiger partial charge is 0.410 e. The molecule has 1 saturated carbocycles. The first-order valence-corrected chi connectivity index (χ1v) is 5.74. The summed E-state index contributed by atoms with van der Waals surface area (Å²) >= 11 is 0. The van der Waals surface area contributed by atoms with Crippen LogP contribution >= 0.6 is 0 Å². The molecule has 1 aliphatic rings. The lowest BCUT2D eigenvalue weighted by Crippen LogP contribution is -2.41. The molecule has 92 valence electrons. The Bertz CT molecular complexity index is 266. The van der Waals surface area contributed by atoms with Crippen LogP contribution in [0, 0.1) is 5.92 Å². The first kappa shape index (κ1) is 13.0. The minimum absolute atomic E-state index is 0.345. The summed E-state index contributed by atoms with van der Waals surface area (Å²) in [7, 11) is 1.62. The highest BCUT2D eigenvalue weighted by Gasteiger charge is 2.30. The van der Waals surface area contributed by atoms with Crippen LogP contribution in [0.4, 0.5) is 4.79 Å². The molecule has 1 rings (SSSR count). The Morgan fingerprint density at radius 3 is 2.44 bits per heavy atom. The molecule has 0 N–H and O–H groups in total. The molecule has 1 atom stereocenters. The Labute approximate surface area is 96.9 Å². The summed E-state index contributed by atoms with van der Waals surface area (Å²) in [6.45, 7) is 5.45. The van der Waals surface area contributed by atoms with Crippen molar-refractivity contribution in [2.75, 3.05) is 7.05 Å². The van der Waals surface area contributed by atoms with E-state index in [4.69, 9.17) is 4.74 Å². The number of ether oxygens (including phenoxy) is 1. The van der Waals surface area contributed by atoms with Gasteiger partial charge in [-0.2, -0.15) is 0 Å². The number of carbonyl (C=O) groups is 2. The van der Waals surface area contributed by atoms with Crippen molar-refractivity contribution in [3.63, 3.8) is 0 Å². The summed E-state index contributed by atoms with van der Waals surface area (Å²) in [6, 6.07) is -0.345. The second-order valence-electron chi connectivity index (χ2n) is 5.47. The Balaban J connectivity index is 2.48. The van der Waals surface area contributed by atoms with Crippen molar-refractivity contribution in [2.45, 2.75) is 51.7 Å². The maximum atomic E-state index is 11.7. The molecule has 16 heavy (non-hydrogen) atoms. The number of likely N-dealkylation sites (N-methyl/N-ethyl adjacent to an activating group) is 1. The number of amides is 1. The molecule has 0 saturated heterocycles. The van der Waals surface area contributed by atoms with E-state index in [1.54, 1.807) is 7.05 Å². The van der Waals surface area contributed by atoms with E-state index in [1.165, 1.54) is 17.7 Å². The third-order valence-corrected chi connectivity index (χ3v) is 2.61. The van der Waals surface area contributed by atoms with Crippen LogP contribution in [-0.4, -0.2) is 36.0 Å². The lowest BCUT2D eigenvalue weighted by molar-refractivity contribution is -0.112. The minimum Gasteiger partial charge on any atom is -0.444 e. The molecule has 0 aromatic heterocycles. The summed E-state index contributed by atoms with van der Waals surface area (Å²) < 4.78 is 5.21. The summed E-state index contributed by atoms with van der Waals surface area (Å²) in [5, 5.41) is 0. The zero-order valence-corrected chi connectivity index (χ0v) is 10.5. The quantitative estimate of drug-likeness (QED) is 0.692. The zero-order chi connectivity index (χ0) is 12.3. The van der Waals surface area contributed by atoms with Gasteiger partial charge in [-0.25, -0.2) is 4.79 Å². The zero-order valence-electron chi connectivity index (χ0n) is 10.5. The lowest BCUT2D eigenvalue weighted by Gasteiger charge is -2.28. The molecular weight excluding hydrogens is 206 g/mol. The van der Waals surface area contributed by atoms with Crippen molar-refractivity contribution in [1.82, 2.24) is 4.90 Å². The fourth-order valence-corrected chi connectivity index (χ4v) is 1.47. The van der Waals surface area contributed by atoms with E-state index in [0.29, 0.717) is 5.92 Å². The number of rotatable bonds is 4. The third-order valence-electron chi connectivity index (χ3n) is 2.61. The van der Waals surface area contributed by atoms with E-state index in [2.05, 4.69) is 0 Å². The van der Waals surface area contributed by atoms with Crippen molar-refractivity contribution in [3.8, 4) is 0 Å². The number of hydrogen-bond donors (Lipinski definition) is 0. The normalized spacial score (nSPS) is 17.8. The molecule has 1 aliphatic carbocycles. The molecule has 0 aliphatic heterocycles. The number of aldehydes is 1. The fourth-order valence-electron chi connectivity index (χ4n) is 1.47. The van der Waals surface area contributed by atoms with Gasteiger partial charge in [0.2, 0.25) is 0 Å². The third kappa shape index (κ3) is 4.21. The maximum Gasteiger partial charge on any atom is 0.410 e. The highest BCUT2D eigenvalue weighted by atomic mass is 16.6. The highest BCUT2D eigenvalue weighted by Crippen LogP contribution is 2.34. The Kier molecular flexibility index (Phi) is 3.94. The minimum atomic E-state index is -0.516. The number of nitrogens with zero attached hydrogens (tertiary/aromatic N) is 1. The maximum absolute atomic E-state index is 11.7. The molecule has 0 spiro atoms. The van der Waals surface area contributed by atoms with Crippen molar-refractivity contribution in [2.24, 2.45) is 5.92 Å². The first-order valence-electron chi connectivity index (χ1n) is 5.74. The molecule has 0 aromatic carbocycles. The van der Waals surface area contributed by atoms with Gasteiger partial charge in [-0.3, -0.25) is 0 Å². The Hall–Kier alpha value is -1.06. The molecule has 1 amide bonds. The van der Waals surface area contributed by atoms with Crippen LogP contribution in [0.2, 0.25) is 0 Å². The van der Waals surface area contributed by atoms with Crippen molar-refractivity contribution in [3.05, 3.63) is 0 Å². The molecule has 1 fully saturated rings. The van der Waals surface area contributed by atoms with E-state index in [9.17, 15) is 9.59 Å². The van der Waals surface area contributed by atoms with Gasteiger partial charge in [0.25, 0.3) is 0 Å². The second kappa shape index (κ2) is 4.85. The van der Waals surface area contributed by atoms with Gasteiger partial charge in [0.1, 0.15) is 11.9 Å². The highest BCUT2D eigenvalue weighted by molar-refractivity contribution is 5.73. The van der Waals surface area contributed by atoms with E-state index < -0.39 is 11.7 Å². The molecule has 4 heteroatoms. The van der Waals surface area contributed by atoms with E-state index in [-0.39, 0.29) is 6.04 Å². The SMILES string of the molecule is CN(C(=O)OC(C)(C)C)C(C=O)CC1CC1. The fraction of sp³-hybridized carbons (Fsp3) is 0.833. The topological polar surface area (TPSA) is 46.6 Å². The first-order chi connectivity index (χ1) is 7.33. The van der Waals surface area contributed by atoms with Gasteiger partial charge in [0.15, 0.2) is 0 Å². The van der Waals surface area contributed by atoms with Gasteiger partial charge in [-0.05, 0) is 33.1 Å². The summed E-state index contributed by atoms with van der Waals surface area (Å²) in [5.74, 6) is 0.611. The van der Waals surface area contributed by atoms with Crippen LogP contribution in [-0.2, 0) is 9.53 Å². The lowest BCUT2D eigenvalue weighted by atomic mass is 10.1. The summed E-state index contributed by atoms with van der Waals surface area (Å²) in [4.78, 5) is 24.0. The van der Waals surface area contributed by atoms with Gasteiger partial charge in [0, 0.05) is 7.05 Å². The van der Waals surface area contributed by atoms with E-state index in [0.717, 1.165) is 12.7 Å². The van der Waals surface area contributed by atoms with Crippen LogP contribution in [0.1, 0.15) is 40.0 Å². The van der Waals surface area contributed by atoms with Crippen molar-refractivity contribution < 1.29 is 14.3 Å². The van der Waals surface area contributed by atoms with Crippen LogP contribution in [0.15, 0.2) is 0 Å². The summed E-state index contributed by atoms with van der Waals surface area (Å²) in [5.41, 5.74) is -0.516.